The smallest absolute Gasteiger partial charge is 0.378 e. The minimum Gasteiger partial charge on any atom is -0.487 e. The average molecular weight is 168 g/mol. The molecule has 66 valence electrons. The van der Waals surface area contributed by atoms with Crippen molar-refractivity contribution in [1.82, 2.24) is 0 Å². The van der Waals surface area contributed by atoms with Gasteiger partial charge in [0.15, 0.2) is 0 Å². The fourth-order valence-electron chi connectivity index (χ4n) is 0.787. The van der Waals surface area contributed by atoms with Crippen molar-refractivity contribution in [2.45, 2.75) is 19.8 Å². The number of unbranched alkanes of at least 4 members (excludes halogenated alkanes) is 1. The van der Waals surface area contributed by atoms with Gasteiger partial charge >= 0.3 is 5.63 Å². The third-order valence-electron chi connectivity index (χ3n) is 1.46. The molecule has 0 aromatic carbocycles. The Hall–Kier alpha value is -1.25. The molecule has 1 heterocycles. The summed E-state index contributed by atoms with van der Waals surface area (Å²) in [6, 6.07) is 3.25. The molecule has 0 amide bonds. The predicted molar refractivity (Wildman–Crippen MR) is 45.4 cm³/mol. The van der Waals surface area contributed by atoms with Crippen molar-refractivity contribution in [2.75, 3.05) is 6.61 Å². The summed E-state index contributed by atoms with van der Waals surface area (Å²) in [5, 5.41) is 0. The molecule has 1 aromatic rings. The van der Waals surface area contributed by atoms with Gasteiger partial charge in [0, 0.05) is 0 Å². The van der Waals surface area contributed by atoms with Gasteiger partial charge in [0.25, 0.3) is 0 Å². The van der Waals surface area contributed by atoms with Crippen LogP contribution >= 0.6 is 0 Å². The van der Waals surface area contributed by atoms with Crippen LogP contribution in [0.1, 0.15) is 19.8 Å². The highest BCUT2D eigenvalue weighted by atomic mass is 16.5. The van der Waals surface area contributed by atoms with Crippen LogP contribution in [0.3, 0.4) is 0 Å². The largest absolute Gasteiger partial charge is 0.487 e. The van der Waals surface area contributed by atoms with E-state index in [1.165, 1.54) is 6.26 Å². The van der Waals surface area contributed by atoms with Crippen LogP contribution in [0.4, 0.5) is 0 Å². The summed E-state index contributed by atoms with van der Waals surface area (Å²) in [7, 11) is 0. The van der Waals surface area contributed by atoms with Crippen molar-refractivity contribution < 1.29 is 9.15 Å². The molecule has 0 spiro atoms. The zero-order chi connectivity index (χ0) is 8.81. The highest BCUT2D eigenvalue weighted by Gasteiger charge is 1.98. The summed E-state index contributed by atoms with van der Waals surface area (Å²) >= 11 is 0. The van der Waals surface area contributed by atoms with Crippen molar-refractivity contribution >= 4 is 0 Å². The maximum Gasteiger partial charge on any atom is 0.378 e. The second-order valence-electron chi connectivity index (χ2n) is 2.47. The maximum atomic E-state index is 10.9. The number of hydrogen-bond donors (Lipinski definition) is 0. The Morgan fingerprint density at radius 3 is 3.08 bits per heavy atom. The summed E-state index contributed by atoms with van der Waals surface area (Å²) in [4.78, 5) is 10.9. The Labute approximate surface area is 71.0 Å². The lowest BCUT2D eigenvalue weighted by atomic mass is 10.4. The van der Waals surface area contributed by atoms with E-state index in [9.17, 15) is 4.79 Å². The molecule has 0 saturated carbocycles. The quantitative estimate of drug-likeness (QED) is 0.644. The van der Waals surface area contributed by atoms with Crippen LogP contribution in [-0.2, 0) is 0 Å². The van der Waals surface area contributed by atoms with Gasteiger partial charge in [0.2, 0.25) is 5.75 Å². The van der Waals surface area contributed by atoms with Crippen molar-refractivity contribution in [3.05, 3.63) is 28.8 Å². The summed E-state index contributed by atoms with van der Waals surface area (Å²) in [6.45, 7) is 2.64. The lowest BCUT2D eigenvalue weighted by Crippen LogP contribution is -2.06. The van der Waals surface area contributed by atoms with Crippen LogP contribution in [0.25, 0.3) is 0 Å². The zero-order valence-electron chi connectivity index (χ0n) is 7.08. The van der Waals surface area contributed by atoms with Crippen LogP contribution in [0, 0.1) is 0 Å². The molecule has 0 radical (unpaired) electrons. The number of hydrogen-bond acceptors (Lipinski definition) is 3. The van der Waals surface area contributed by atoms with Gasteiger partial charge in [-0.15, -0.1) is 0 Å². The number of ether oxygens (including phenoxy) is 1. The molecule has 3 nitrogen and oxygen atoms in total. The molecule has 0 fully saturated rings. The lowest BCUT2D eigenvalue weighted by molar-refractivity contribution is 0.291. The summed E-state index contributed by atoms with van der Waals surface area (Å²) < 4.78 is 9.78. The molecule has 12 heavy (non-hydrogen) atoms. The second kappa shape index (κ2) is 4.59. The van der Waals surface area contributed by atoms with Crippen LogP contribution in [0.15, 0.2) is 27.6 Å². The van der Waals surface area contributed by atoms with E-state index in [0.29, 0.717) is 12.4 Å². The molecule has 0 aliphatic rings. The Kier molecular flexibility index (Phi) is 3.38. The normalized spacial score (nSPS) is 9.75. The minimum absolute atomic E-state index is 0.297. The first kappa shape index (κ1) is 8.84. The fraction of sp³-hybridized carbons (Fsp3) is 0.444. The molecule has 0 aliphatic heterocycles. The molecule has 1 rings (SSSR count). The highest BCUT2D eigenvalue weighted by Crippen LogP contribution is 2.01. The van der Waals surface area contributed by atoms with E-state index in [-0.39, 0.29) is 0 Å². The molecule has 0 unspecified atom stereocenters. The van der Waals surface area contributed by atoms with Crippen LogP contribution in [0.5, 0.6) is 5.75 Å². The third-order valence-corrected chi connectivity index (χ3v) is 1.46. The molecule has 0 saturated heterocycles. The van der Waals surface area contributed by atoms with E-state index in [2.05, 4.69) is 11.3 Å². The van der Waals surface area contributed by atoms with Gasteiger partial charge in [-0.25, -0.2) is 4.79 Å². The monoisotopic (exact) mass is 168 g/mol. The molecule has 0 bridgehead atoms. The topological polar surface area (TPSA) is 39.4 Å². The molecule has 3 heteroatoms. The van der Waals surface area contributed by atoms with E-state index in [0.717, 1.165) is 12.8 Å². The van der Waals surface area contributed by atoms with E-state index in [4.69, 9.17) is 4.74 Å². The summed E-state index contributed by atoms with van der Waals surface area (Å²) in [6.07, 6.45) is 3.35. The molecule has 0 N–H and O–H groups in total. The Bertz CT molecular complexity index is 277. The van der Waals surface area contributed by atoms with Gasteiger partial charge in [-0.1, -0.05) is 13.3 Å². The summed E-state index contributed by atoms with van der Waals surface area (Å²) in [5.74, 6) is 0.297. The molecular weight excluding hydrogens is 156 g/mol. The lowest BCUT2D eigenvalue weighted by Gasteiger charge is -2.01. The standard InChI is InChI=1S/C9H12O3/c1-2-3-6-11-8-5-4-7-12-9(8)10/h4-5,7H,2-3,6H2,1H3. The van der Waals surface area contributed by atoms with E-state index in [1.807, 2.05) is 0 Å². The second-order valence-corrected chi connectivity index (χ2v) is 2.47. The summed E-state index contributed by atoms with van der Waals surface area (Å²) in [5.41, 5.74) is -0.409. The average Bonchev–Trinajstić information content (AvgIpc) is 2.09. The molecular formula is C9H12O3. The van der Waals surface area contributed by atoms with Gasteiger partial charge in [-0.2, -0.15) is 0 Å². The van der Waals surface area contributed by atoms with Gasteiger partial charge in [0.1, 0.15) is 0 Å². The third kappa shape index (κ3) is 2.42. The van der Waals surface area contributed by atoms with Crippen molar-refractivity contribution in [3.63, 3.8) is 0 Å². The highest BCUT2D eigenvalue weighted by molar-refractivity contribution is 5.13. The fourth-order valence-corrected chi connectivity index (χ4v) is 0.787. The SMILES string of the molecule is CCCCOc1cccoc1=O. The van der Waals surface area contributed by atoms with Crippen LogP contribution in [-0.4, -0.2) is 6.61 Å². The molecule has 1 aromatic heterocycles. The van der Waals surface area contributed by atoms with Crippen LogP contribution in [0.2, 0.25) is 0 Å². The first-order valence-electron chi connectivity index (χ1n) is 4.05. The van der Waals surface area contributed by atoms with Crippen LogP contribution < -0.4 is 10.4 Å². The van der Waals surface area contributed by atoms with E-state index < -0.39 is 5.63 Å². The van der Waals surface area contributed by atoms with Gasteiger partial charge in [-0.05, 0) is 18.6 Å². The number of rotatable bonds is 4. The minimum atomic E-state index is -0.409. The Morgan fingerprint density at radius 1 is 1.58 bits per heavy atom. The van der Waals surface area contributed by atoms with Gasteiger partial charge < -0.3 is 9.15 Å². The van der Waals surface area contributed by atoms with E-state index >= 15 is 0 Å². The predicted octanol–water partition coefficient (Wildman–Crippen LogP) is 1.82. The van der Waals surface area contributed by atoms with Gasteiger partial charge in [0.05, 0.1) is 12.9 Å². The molecule has 0 atom stereocenters. The van der Waals surface area contributed by atoms with E-state index in [1.54, 1.807) is 12.1 Å². The Morgan fingerprint density at radius 2 is 2.42 bits per heavy atom. The van der Waals surface area contributed by atoms with Gasteiger partial charge in [-0.3, -0.25) is 0 Å². The van der Waals surface area contributed by atoms with Crippen molar-refractivity contribution in [2.24, 2.45) is 0 Å². The maximum absolute atomic E-state index is 10.9. The first-order chi connectivity index (χ1) is 5.84. The van der Waals surface area contributed by atoms with Crippen molar-refractivity contribution in [1.29, 1.82) is 0 Å². The zero-order valence-corrected chi connectivity index (χ0v) is 7.08. The Balaban J connectivity index is 2.52. The molecule has 0 aliphatic carbocycles. The first-order valence-corrected chi connectivity index (χ1v) is 4.05. The van der Waals surface area contributed by atoms with Crippen molar-refractivity contribution in [3.8, 4) is 5.75 Å².